The van der Waals surface area contributed by atoms with Crippen LogP contribution in [0.25, 0.3) is 10.9 Å². The van der Waals surface area contributed by atoms with E-state index in [-0.39, 0.29) is 0 Å². The molecule has 0 fully saturated rings. The molecule has 0 aliphatic heterocycles. The van der Waals surface area contributed by atoms with Gasteiger partial charge in [0.05, 0.1) is 5.52 Å². The molecule has 2 rings (SSSR count). The first-order valence-corrected chi connectivity index (χ1v) is 3.37. The summed E-state index contributed by atoms with van der Waals surface area (Å²) < 4.78 is 1.71. The van der Waals surface area contributed by atoms with Crippen molar-refractivity contribution >= 4 is 10.9 Å². The Kier molecular flexibility index (Phi) is 1.28. The van der Waals surface area contributed by atoms with E-state index in [9.17, 15) is 0 Å². The third-order valence-electron chi connectivity index (χ3n) is 1.65. The topological polar surface area (TPSA) is 27.1 Å². The molecule has 0 aliphatic carbocycles. The van der Waals surface area contributed by atoms with Gasteiger partial charge < -0.3 is 4.84 Å². The smallest absolute Gasteiger partial charge is 0.104 e. The first-order valence-electron chi connectivity index (χ1n) is 3.37. The lowest BCUT2D eigenvalue weighted by molar-refractivity contribution is 0.179. The molecule has 0 spiro atoms. The van der Waals surface area contributed by atoms with Crippen LogP contribution in [-0.4, -0.2) is 16.8 Å². The van der Waals surface area contributed by atoms with Crippen molar-refractivity contribution in [2.24, 2.45) is 0 Å². The fraction of sp³-hybridized carbons (Fsp3) is 0.125. The minimum Gasteiger partial charge on any atom is -0.417 e. The average molecular weight is 148 g/mol. The van der Waals surface area contributed by atoms with Crippen LogP contribution >= 0.6 is 0 Å². The molecule has 0 saturated heterocycles. The van der Waals surface area contributed by atoms with Crippen LogP contribution in [0.15, 0.2) is 30.7 Å². The fourth-order valence-corrected chi connectivity index (χ4v) is 1.12. The van der Waals surface area contributed by atoms with Crippen LogP contribution < -0.4 is 4.84 Å². The molecule has 3 heteroatoms. The van der Waals surface area contributed by atoms with Gasteiger partial charge in [-0.1, -0.05) is 0 Å². The largest absolute Gasteiger partial charge is 0.417 e. The highest BCUT2D eigenvalue weighted by Gasteiger charge is 1.97. The lowest BCUT2D eigenvalue weighted by Gasteiger charge is -1.99. The predicted molar refractivity (Wildman–Crippen MR) is 42.2 cm³/mol. The lowest BCUT2D eigenvalue weighted by atomic mass is 10.3. The molecule has 2 aromatic rings. The number of hydrogen-bond donors (Lipinski definition) is 0. The van der Waals surface area contributed by atoms with Gasteiger partial charge in [-0.2, -0.15) is 4.73 Å². The van der Waals surface area contributed by atoms with E-state index in [1.165, 1.54) is 0 Å². The van der Waals surface area contributed by atoms with Gasteiger partial charge in [-0.05, 0) is 12.1 Å². The summed E-state index contributed by atoms with van der Waals surface area (Å²) in [6.45, 7) is 0. The minimum atomic E-state index is 1.04. The number of pyridine rings is 1. The SMILES string of the molecule is COn1ccc2cnccc21. The van der Waals surface area contributed by atoms with Gasteiger partial charge in [0, 0.05) is 24.0 Å². The van der Waals surface area contributed by atoms with Crippen molar-refractivity contribution in [3.63, 3.8) is 0 Å². The number of aromatic nitrogens is 2. The molecule has 0 atom stereocenters. The van der Waals surface area contributed by atoms with Gasteiger partial charge in [0.25, 0.3) is 0 Å². The van der Waals surface area contributed by atoms with Crippen LogP contribution in [0.1, 0.15) is 0 Å². The van der Waals surface area contributed by atoms with E-state index in [2.05, 4.69) is 4.98 Å². The van der Waals surface area contributed by atoms with Crippen molar-refractivity contribution < 1.29 is 4.84 Å². The molecule has 11 heavy (non-hydrogen) atoms. The van der Waals surface area contributed by atoms with E-state index in [0.717, 1.165) is 10.9 Å². The van der Waals surface area contributed by atoms with E-state index in [1.807, 2.05) is 24.5 Å². The van der Waals surface area contributed by atoms with E-state index < -0.39 is 0 Å². The molecule has 0 saturated carbocycles. The summed E-state index contributed by atoms with van der Waals surface area (Å²) in [5.74, 6) is 0. The van der Waals surface area contributed by atoms with E-state index in [4.69, 9.17) is 4.84 Å². The van der Waals surface area contributed by atoms with Crippen LogP contribution in [0.3, 0.4) is 0 Å². The fourth-order valence-electron chi connectivity index (χ4n) is 1.12. The van der Waals surface area contributed by atoms with Gasteiger partial charge in [0.2, 0.25) is 0 Å². The zero-order valence-electron chi connectivity index (χ0n) is 6.19. The van der Waals surface area contributed by atoms with Gasteiger partial charge in [-0.15, -0.1) is 0 Å². The maximum Gasteiger partial charge on any atom is 0.104 e. The summed E-state index contributed by atoms with van der Waals surface area (Å²) in [5.41, 5.74) is 1.04. The summed E-state index contributed by atoms with van der Waals surface area (Å²) in [4.78, 5) is 9.05. The molecule has 0 unspecified atom stereocenters. The summed E-state index contributed by atoms with van der Waals surface area (Å²) in [6.07, 6.45) is 5.43. The Labute approximate surface area is 64.2 Å². The quantitative estimate of drug-likeness (QED) is 0.605. The molecular formula is C8H8N2O. The molecule has 0 bridgehead atoms. The molecule has 0 radical (unpaired) electrons. The standard InChI is InChI=1S/C8H8N2O/c1-11-10-5-3-7-6-9-4-2-8(7)10/h2-6H,1H3. The van der Waals surface area contributed by atoms with Crippen molar-refractivity contribution in [1.29, 1.82) is 0 Å². The van der Waals surface area contributed by atoms with Crippen molar-refractivity contribution in [3.05, 3.63) is 30.7 Å². The van der Waals surface area contributed by atoms with Crippen molar-refractivity contribution in [3.8, 4) is 0 Å². The highest BCUT2D eigenvalue weighted by molar-refractivity contribution is 5.78. The predicted octanol–water partition coefficient (Wildman–Crippen LogP) is 1.09. The molecule has 56 valence electrons. The molecule has 0 amide bonds. The highest BCUT2D eigenvalue weighted by Crippen LogP contribution is 2.11. The van der Waals surface area contributed by atoms with E-state index in [1.54, 1.807) is 18.0 Å². The number of fused-ring (bicyclic) bond motifs is 1. The normalized spacial score (nSPS) is 10.3. The maximum absolute atomic E-state index is 5.06. The third-order valence-corrected chi connectivity index (χ3v) is 1.65. The molecule has 3 nitrogen and oxygen atoms in total. The average Bonchev–Trinajstić information content (AvgIpc) is 2.47. The van der Waals surface area contributed by atoms with Crippen molar-refractivity contribution in [2.45, 2.75) is 0 Å². The van der Waals surface area contributed by atoms with Gasteiger partial charge in [0.1, 0.15) is 7.11 Å². The first-order chi connectivity index (χ1) is 5.42. The van der Waals surface area contributed by atoms with Gasteiger partial charge in [-0.25, -0.2) is 0 Å². The Bertz CT molecular complexity index is 367. The lowest BCUT2D eigenvalue weighted by Crippen LogP contribution is -2.02. The number of rotatable bonds is 1. The summed E-state index contributed by atoms with van der Waals surface area (Å²) in [6, 6.07) is 3.88. The second kappa shape index (κ2) is 2.27. The van der Waals surface area contributed by atoms with Crippen LogP contribution in [0.5, 0.6) is 0 Å². The molecule has 2 aromatic heterocycles. The molecule has 0 aliphatic rings. The Morgan fingerprint density at radius 3 is 3.18 bits per heavy atom. The second-order valence-electron chi connectivity index (χ2n) is 2.26. The van der Waals surface area contributed by atoms with E-state index >= 15 is 0 Å². The summed E-state index contributed by atoms with van der Waals surface area (Å²) in [5, 5.41) is 1.09. The van der Waals surface area contributed by atoms with Gasteiger partial charge in [0.15, 0.2) is 0 Å². The molecule has 2 heterocycles. The van der Waals surface area contributed by atoms with Gasteiger partial charge in [-0.3, -0.25) is 4.98 Å². The van der Waals surface area contributed by atoms with Crippen LogP contribution in [-0.2, 0) is 0 Å². The summed E-state index contributed by atoms with van der Waals surface area (Å²) in [7, 11) is 1.64. The highest BCUT2D eigenvalue weighted by atomic mass is 16.6. The van der Waals surface area contributed by atoms with E-state index in [0.29, 0.717) is 0 Å². The zero-order valence-corrected chi connectivity index (χ0v) is 6.19. The van der Waals surface area contributed by atoms with Crippen LogP contribution in [0, 0.1) is 0 Å². The van der Waals surface area contributed by atoms with Crippen LogP contribution in [0.4, 0.5) is 0 Å². The Balaban J connectivity index is 2.76. The monoisotopic (exact) mass is 148 g/mol. The number of nitrogens with zero attached hydrogens (tertiary/aromatic N) is 2. The molecule has 0 aromatic carbocycles. The van der Waals surface area contributed by atoms with Crippen LogP contribution in [0.2, 0.25) is 0 Å². The Morgan fingerprint density at radius 1 is 1.45 bits per heavy atom. The maximum atomic E-state index is 5.06. The zero-order chi connectivity index (χ0) is 7.68. The second-order valence-corrected chi connectivity index (χ2v) is 2.26. The first kappa shape index (κ1) is 6.22. The van der Waals surface area contributed by atoms with Crippen molar-refractivity contribution in [2.75, 3.05) is 7.11 Å². The minimum absolute atomic E-state index is 1.04. The number of hydrogen-bond acceptors (Lipinski definition) is 2. The third kappa shape index (κ3) is 0.852. The molecular weight excluding hydrogens is 140 g/mol. The van der Waals surface area contributed by atoms with Crippen molar-refractivity contribution in [1.82, 2.24) is 9.71 Å². The molecule has 0 N–H and O–H groups in total. The van der Waals surface area contributed by atoms with Gasteiger partial charge >= 0.3 is 0 Å². The summed E-state index contributed by atoms with van der Waals surface area (Å²) >= 11 is 0. The Hall–Kier alpha value is -1.51. The Morgan fingerprint density at radius 2 is 2.36 bits per heavy atom.